The molecule has 3 unspecified atom stereocenters. The highest BCUT2D eigenvalue weighted by molar-refractivity contribution is 14.1. The fraction of sp³-hybridized carbons (Fsp3) is 0.895. The van der Waals surface area contributed by atoms with Crippen LogP contribution >= 0.6 is 45.2 Å². The van der Waals surface area contributed by atoms with Crippen LogP contribution in [0.3, 0.4) is 0 Å². The Bertz CT molecular complexity index is 443. The van der Waals surface area contributed by atoms with Gasteiger partial charge in [0.25, 0.3) is 0 Å². The summed E-state index contributed by atoms with van der Waals surface area (Å²) in [7, 11) is 0. The number of hydrogen-bond acceptors (Lipinski definition) is 4. The molecule has 0 saturated heterocycles. The Morgan fingerprint density at radius 3 is 2.32 bits per heavy atom. The second-order valence-corrected chi connectivity index (χ2v) is 9.76. The Morgan fingerprint density at radius 2 is 1.76 bits per heavy atom. The third-order valence-corrected chi connectivity index (χ3v) is 6.55. The number of alkyl halides is 2. The van der Waals surface area contributed by atoms with Crippen molar-refractivity contribution in [2.75, 3.05) is 8.86 Å². The molecule has 0 amide bonds. The van der Waals surface area contributed by atoms with Gasteiger partial charge in [-0.25, -0.2) is 0 Å². The topological polar surface area (TPSA) is 52.6 Å². The summed E-state index contributed by atoms with van der Waals surface area (Å²) in [5.74, 6) is 0.264. The third kappa shape index (κ3) is 8.75. The first-order valence-electron chi connectivity index (χ1n) is 9.31. The monoisotopic (exact) mass is 578 g/mol. The van der Waals surface area contributed by atoms with Crippen LogP contribution in [-0.2, 0) is 19.1 Å². The summed E-state index contributed by atoms with van der Waals surface area (Å²) < 4.78 is 13.5. The van der Waals surface area contributed by atoms with E-state index in [-0.39, 0.29) is 17.5 Å². The van der Waals surface area contributed by atoms with Crippen molar-refractivity contribution in [2.45, 2.75) is 89.8 Å². The van der Waals surface area contributed by atoms with E-state index in [1.807, 2.05) is 13.8 Å². The van der Waals surface area contributed by atoms with E-state index in [1.54, 1.807) is 0 Å². The quantitative estimate of drug-likeness (QED) is 0.182. The molecule has 1 fully saturated rings. The van der Waals surface area contributed by atoms with Crippen LogP contribution in [0.4, 0.5) is 0 Å². The van der Waals surface area contributed by atoms with Gasteiger partial charge in [0.05, 0.1) is 0 Å². The summed E-state index contributed by atoms with van der Waals surface area (Å²) in [6.07, 6.45) is 7.19. The highest BCUT2D eigenvalue weighted by Crippen LogP contribution is 2.42. The molecule has 0 N–H and O–H groups in total. The van der Waals surface area contributed by atoms with Crippen molar-refractivity contribution in [3.63, 3.8) is 0 Å². The lowest BCUT2D eigenvalue weighted by atomic mass is 9.87. The molecule has 1 saturated carbocycles. The van der Waals surface area contributed by atoms with Crippen LogP contribution in [0.5, 0.6) is 0 Å². The zero-order chi connectivity index (χ0) is 18.9. The van der Waals surface area contributed by atoms with Crippen molar-refractivity contribution >= 4 is 57.1 Å². The Morgan fingerprint density at radius 1 is 1.16 bits per heavy atom. The number of esters is 2. The first kappa shape index (κ1) is 23.4. The maximum Gasteiger partial charge on any atom is 0.306 e. The maximum atomic E-state index is 12.0. The summed E-state index contributed by atoms with van der Waals surface area (Å²) >= 11 is 4.56. The SMILES string of the molecule is CCC(C)(CC1CCC(C)(OC(=O)CCCI)C1)OC(=O)CCCI. The van der Waals surface area contributed by atoms with E-state index < -0.39 is 5.60 Å². The zero-order valence-corrected chi connectivity index (χ0v) is 20.1. The Balaban J connectivity index is 2.52. The lowest BCUT2D eigenvalue weighted by Crippen LogP contribution is -2.34. The Labute approximate surface area is 179 Å². The van der Waals surface area contributed by atoms with E-state index in [1.165, 1.54) is 0 Å². The first-order chi connectivity index (χ1) is 11.8. The molecule has 0 aromatic carbocycles. The highest BCUT2D eigenvalue weighted by atomic mass is 127. The summed E-state index contributed by atoms with van der Waals surface area (Å²) in [4.78, 5) is 24.0. The minimum Gasteiger partial charge on any atom is -0.459 e. The molecule has 0 aromatic rings. The molecule has 0 radical (unpaired) electrons. The Kier molecular flexibility index (Phi) is 10.6. The second kappa shape index (κ2) is 11.3. The molecule has 1 aliphatic carbocycles. The van der Waals surface area contributed by atoms with E-state index in [0.717, 1.165) is 53.8 Å². The largest absolute Gasteiger partial charge is 0.459 e. The third-order valence-electron chi connectivity index (χ3n) is 5.02. The minimum atomic E-state index is -0.413. The molecule has 0 bridgehead atoms. The normalized spacial score (nSPS) is 25.4. The van der Waals surface area contributed by atoms with Gasteiger partial charge in [-0.3, -0.25) is 9.59 Å². The molecule has 146 valence electrons. The molecule has 6 heteroatoms. The van der Waals surface area contributed by atoms with E-state index >= 15 is 0 Å². The van der Waals surface area contributed by atoms with Gasteiger partial charge >= 0.3 is 11.9 Å². The van der Waals surface area contributed by atoms with Gasteiger partial charge in [0.15, 0.2) is 0 Å². The molecule has 0 aromatic heterocycles. The Hall–Kier alpha value is 0.400. The van der Waals surface area contributed by atoms with Gasteiger partial charge in [-0.05, 0) is 64.7 Å². The predicted molar refractivity (Wildman–Crippen MR) is 117 cm³/mol. The van der Waals surface area contributed by atoms with Gasteiger partial charge in [0.1, 0.15) is 11.2 Å². The molecule has 0 spiro atoms. The molecular weight excluding hydrogens is 546 g/mol. The van der Waals surface area contributed by atoms with Crippen LogP contribution in [-0.4, -0.2) is 32.0 Å². The average molecular weight is 578 g/mol. The summed E-state index contributed by atoms with van der Waals surface area (Å²) in [6.45, 7) is 6.16. The number of ether oxygens (including phenoxy) is 2. The van der Waals surface area contributed by atoms with Gasteiger partial charge in [0.2, 0.25) is 0 Å². The van der Waals surface area contributed by atoms with Crippen LogP contribution in [0.15, 0.2) is 0 Å². The van der Waals surface area contributed by atoms with E-state index in [9.17, 15) is 9.59 Å². The van der Waals surface area contributed by atoms with Crippen molar-refractivity contribution in [2.24, 2.45) is 5.92 Å². The van der Waals surface area contributed by atoms with Crippen molar-refractivity contribution < 1.29 is 19.1 Å². The van der Waals surface area contributed by atoms with Gasteiger partial charge < -0.3 is 9.47 Å². The van der Waals surface area contributed by atoms with E-state index in [0.29, 0.717) is 18.8 Å². The summed E-state index contributed by atoms with van der Waals surface area (Å²) in [5.41, 5.74) is -0.767. The molecule has 1 rings (SSSR count). The number of carbonyl (C=O) groups is 2. The van der Waals surface area contributed by atoms with Crippen molar-refractivity contribution in [1.29, 1.82) is 0 Å². The van der Waals surface area contributed by atoms with Gasteiger partial charge in [-0.15, -0.1) is 0 Å². The lowest BCUT2D eigenvalue weighted by Gasteiger charge is -2.32. The second-order valence-electron chi connectivity index (χ2n) is 7.60. The van der Waals surface area contributed by atoms with Gasteiger partial charge in [-0.2, -0.15) is 0 Å². The average Bonchev–Trinajstić information content (AvgIpc) is 2.90. The fourth-order valence-corrected chi connectivity index (χ4v) is 4.30. The standard InChI is InChI=1S/C19H32I2O4/c1-4-18(2,24-16(22)7-5-11-20)13-15-9-10-19(3,14-15)25-17(23)8-6-12-21/h15H,4-14H2,1-3H3. The smallest absolute Gasteiger partial charge is 0.306 e. The van der Waals surface area contributed by atoms with Crippen LogP contribution < -0.4 is 0 Å². The van der Waals surface area contributed by atoms with Crippen LogP contribution in [0.25, 0.3) is 0 Å². The number of rotatable bonds is 11. The minimum absolute atomic E-state index is 0.0803. The van der Waals surface area contributed by atoms with E-state index in [2.05, 4.69) is 52.1 Å². The highest BCUT2D eigenvalue weighted by Gasteiger charge is 2.41. The number of carbonyl (C=O) groups excluding carboxylic acids is 2. The van der Waals surface area contributed by atoms with Crippen LogP contribution in [0.1, 0.15) is 78.6 Å². The molecule has 25 heavy (non-hydrogen) atoms. The van der Waals surface area contributed by atoms with Crippen LogP contribution in [0, 0.1) is 5.92 Å². The van der Waals surface area contributed by atoms with Gasteiger partial charge in [-0.1, -0.05) is 52.1 Å². The number of halogens is 2. The lowest BCUT2D eigenvalue weighted by molar-refractivity contribution is -0.160. The molecule has 0 aliphatic heterocycles. The van der Waals surface area contributed by atoms with Crippen molar-refractivity contribution in [1.82, 2.24) is 0 Å². The molecular formula is C19H32I2O4. The predicted octanol–water partition coefficient (Wildman–Crippen LogP) is 5.62. The van der Waals surface area contributed by atoms with Crippen LogP contribution in [0.2, 0.25) is 0 Å². The molecule has 1 aliphatic rings. The summed E-state index contributed by atoms with van der Waals surface area (Å²) in [6, 6.07) is 0. The summed E-state index contributed by atoms with van der Waals surface area (Å²) in [5, 5.41) is 0. The maximum absolute atomic E-state index is 12.0. The van der Waals surface area contributed by atoms with Crippen molar-refractivity contribution in [3.05, 3.63) is 0 Å². The van der Waals surface area contributed by atoms with Crippen molar-refractivity contribution in [3.8, 4) is 0 Å². The first-order valence-corrected chi connectivity index (χ1v) is 12.4. The number of hydrogen-bond donors (Lipinski definition) is 0. The van der Waals surface area contributed by atoms with E-state index in [4.69, 9.17) is 9.47 Å². The zero-order valence-electron chi connectivity index (χ0n) is 15.7. The molecule has 0 heterocycles. The fourth-order valence-electron chi connectivity index (χ4n) is 3.53. The van der Waals surface area contributed by atoms with Gasteiger partial charge in [0, 0.05) is 21.7 Å². The molecule has 4 nitrogen and oxygen atoms in total. The molecule has 3 atom stereocenters.